The van der Waals surface area contributed by atoms with Gasteiger partial charge in [0, 0.05) is 41.1 Å². The normalized spacial score (nSPS) is 13.6. The van der Waals surface area contributed by atoms with Gasteiger partial charge in [0.1, 0.15) is 5.82 Å². The molecule has 1 amide bonds. The van der Waals surface area contributed by atoms with Crippen LogP contribution >= 0.6 is 11.3 Å². The molecule has 0 bridgehead atoms. The molecule has 2 aromatic heterocycles. The first-order valence-corrected chi connectivity index (χ1v) is 12.3. The van der Waals surface area contributed by atoms with Gasteiger partial charge >= 0.3 is 0 Å². The minimum atomic E-state index is -0.423. The minimum absolute atomic E-state index is 0.0224. The van der Waals surface area contributed by atoms with Crippen LogP contribution in [-0.2, 0) is 13.0 Å². The second-order valence-corrected chi connectivity index (χ2v) is 9.49. The number of carbonyl (C=O) groups excluding carboxylic acids is 1. The largest absolute Gasteiger partial charge is 0.298 e. The van der Waals surface area contributed by atoms with E-state index in [0.29, 0.717) is 45.0 Å². The van der Waals surface area contributed by atoms with E-state index in [1.807, 2.05) is 0 Å². The number of benzene rings is 2. The number of fused-ring (bicyclic) bond motifs is 2. The Bertz CT molecular complexity index is 1520. The van der Waals surface area contributed by atoms with E-state index < -0.39 is 4.92 Å². The van der Waals surface area contributed by atoms with Crippen LogP contribution in [0, 0.1) is 17.0 Å². The van der Waals surface area contributed by atoms with E-state index >= 15 is 0 Å². The Labute approximate surface area is 204 Å². The molecular weight excluding hydrogens is 466 g/mol. The summed E-state index contributed by atoms with van der Waals surface area (Å²) >= 11 is 1.23. The minimum Gasteiger partial charge on any atom is -0.298 e. The molecule has 1 N–H and O–H groups in total. The molecule has 5 rings (SSSR count). The molecule has 2 aromatic carbocycles. The topological polar surface area (TPSA) is 120 Å². The molecule has 35 heavy (non-hydrogen) atoms. The van der Waals surface area contributed by atoms with Gasteiger partial charge in [0.25, 0.3) is 17.2 Å². The van der Waals surface area contributed by atoms with E-state index in [-0.39, 0.29) is 17.2 Å². The molecule has 0 saturated carbocycles. The second kappa shape index (κ2) is 9.38. The Hall–Kier alpha value is -3.92. The SMILES string of the molecule is Cc1ccc(-c2csc(NC(=O)c3ccc4c(=O)n5c(nc4c3)CCCCCC5)n2)cc1[N+](=O)[O-]. The van der Waals surface area contributed by atoms with Gasteiger partial charge in [0.15, 0.2) is 5.13 Å². The van der Waals surface area contributed by atoms with E-state index in [9.17, 15) is 19.7 Å². The lowest BCUT2D eigenvalue weighted by molar-refractivity contribution is -0.385. The van der Waals surface area contributed by atoms with Crippen molar-refractivity contribution < 1.29 is 9.72 Å². The van der Waals surface area contributed by atoms with Crippen molar-refractivity contribution in [3.63, 3.8) is 0 Å². The lowest BCUT2D eigenvalue weighted by Crippen LogP contribution is -2.26. The fraction of sp³-hybridized carbons (Fsp3) is 0.280. The molecule has 10 heteroatoms. The molecule has 4 aromatic rings. The van der Waals surface area contributed by atoms with E-state index in [2.05, 4.69) is 10.3 Å². The molecule has 9 nitrogen and oxygen atoms in total. The van der Waals surface area contributed by atoms with Gasteiger partial charge in [0.2, 0.25) is 0 Å². The number of carbonyl (C=O) groups is 1. The van der Waals surface area contributed by atoms with Crippen LogP contribution in [-0.4, -0.2) is 25.4 Å². The third-order valence-corrected chi connectivity index (χ3v) is 7.01. The first kappa shape index (κ1) is 22.9. The van der Waals surface area contributed by atoms with Crippen LogP contribution in [0.1, 0.15) is 47.4 Å². The van der Waals surface area contributed by atoms with Gasteiger partial charge in [-0.3, -0.25) is 29.6 Å². The van der Waals surface area contributed by atoms with E-state index in [0.717, 1.165) is 37.9 Å². The number of hydrogen-bond donors (Lipinski definition) is 1. The average molecular weight is 490 g/mol. The van der Waals surface area contributed by atoms with Crippen LogP contribution in [0.2, 0.25) is 0 Å². The number of nitrogens with zero attached hydrogens (tertiary/aromatic N) is 4. The monoisotopic (exact) mass is 489 g/mol. The summed E-state index contributed by atoms with van der Waals surface area (Å²) in [5.41, 5.74) is 2.57. The lowest BCUT2D eigenvalue weighted by Gasteiger charge is -2.16. The third-order valence-electron chi connectivity index (χ3n) is 6.25. The maximum absolute atomic E-state index is 13.0. The zero-order chi connectivity index (χ0) is 24.5. The number of thiazole rings is 1. The highest BCUT2D eigenvalue weighted by atomic mass is 32.1. The summed E-state index contributed by atoms with van der Waals surface area (Å²) in [5.74, 6) is 0.410. The Morgan fingerprint density at radius 3 is 2.77 bits per heavy atom. The summed E-state index contributed by atoms with van der Waals surface area (Å²) in [4.78, 5) is 45.9. The van der Waals surface area contributed by atoms with Crippen LogP contribution in [0.25, 0.3) is 22.2 Å². The number of nitro benzene ring substituents is 1. The summed E-state index contributed by atoms with van der Waals surface area (Å²) in [6.07, 6.45) is 4.95. The number of amides is 1. The second-order valence-electron chi connectivity index (χ2n) is 8.63. The van der Waals surface area contributed by atoms with Gasteiger partial charge in [0.05, 0.1) is 21.5 Å². The zero-order valence-corrected chi connectivity index (χ0v) is 19.9. The number of hydrogen-bond acceptors (Lipinski definition) is 7. The number of nitro groups is 1. The molecular formula is C25H23N5O4S. The maximum atomic E-state index is 13.0. The summed E-state index contributed by atoms with van der Waals surface area (Å²) in [6, 6.07) is 9.84. The Balaban J connectivity index is 1.40. The molecule has 0 atom stereocenters. The standard InChI is InChI=1S/C25H23N5O4S/c1-15-7-8-16(13-21(15)30(33)34)20-14-35-25(27-20)28-23(31)17-9-10-18-19(12-17)26-22-6-4-2-3-5-11-29(22)24(18)32/h7-10,12-14H,2-6,11H2,1H3,(H,27,28,31). The van der Waals surface area contributed by atoms with E-state index in [1.54, 1.807) is 47.2 Å². The van der Waals surface area contributed by atoms with Crippen molar-refractivity contribution in [1.82, 2.24) is 14.5 Å². The van der Waals surface area contributed by atoms with Gasteiger partial charge in [-0.1, -0.05) is 25.0 Å². The average Bonchev–Trinajstić information content (AvgIpc) is 3.28. The maximum Gasteiger partial charge on any atom is 0.272 e. The molecule has 0 unspecified atom stereocenters. The zero-order valence-electron chi connectivity index (χ0n) is 19.1. The Morgan fingerprint density at radius 1 is 1.11 bits per heavy atom. The van der Waals surface area contributed by atoms with E-state index in [4.69, 9.17) is 4.98 Å². The fourth-order valence-electron chi connectivity index (χ4n) is 4.33. The van der Waals surface area contributed by atoms with Crippen LogP contribution < -0.4 is 10.9 Å². The van der Waals surface area contributed by atoms with Crippen molar-refractivity contribution in [1.29, 1.82) is 0 Å². The molecule has 0 fully saturated rings. The molecule has 1 aliphatic heterocycles. The van der Waals surface area contributed by atoms with Crippen molar-refractivity contribution in [2.75, 3.05) is 5.32 Å². The number of aromatic nitrogens is 3. The van der Waals surface area contributed by atoms with Crippen molar-refractivity contribution in [2.45, 2.75) is 45.6 Å². The lowest BCUT2D eigenvalue weighted by atomic mass is 10.1. The Kier molecular flexibility index (Phi) is 6.12. The molecule has 0 saturated heterocycles. The summed E-state index contributed by atoms with van der Waals surface area (Å²) < 4.78 is 1.77. The molecule has 0 aliphatic carbocycles. The highest BCUT2D eigenvalue weighted by Gasteiger charge is 2.17. The smallest absolute Gasteiger partial charge is 0.272 e. The van der Waals surface area contributed by atoms with Crippen LogP contribution in [0.15, 0.2) is 46.6 Å². The summed E-state index contributed by atoms with van der Waals surface area (Å²) in [7, 11) is 0. The molecule has 3 heterocycles. The van der Waals surface area contributed by atoms with Gasteiger partial charge < -0.3 is 0 Å². The number of aryl methyl sites for hydroxylation is 2. The van der Waals surface area contributed by atoms with Crippen molar-refractivity contribution >= 4 is 39.0 Å². The highest BCUT2D eigenvalue weighted by molar-refractivity contribution is 7.14. The predicted molar refractivity (Wildman–Crippen MR) is 135 cm³/mol. The Morgan fingerprint density at radius 2 is 1.94 bits per heavy atom. The third kappa shape index (κ3) is 4.57. The number of anilines is 1. The first-order valence-electron chi connectivity index (χ1n) is 11.5. The van der Waals surface area contributed by atoms with Gasteiger partial charge in [-0.15, -0.1) is 11.3 Å². The number of nitrogens with one attached hydrogen (secondary N) is 1. The summed E-state index contributed by atoms with van der Waals surface area (Å²) in [5, 5.41) is 16.6. The van der Waals surface area contributed by atoms with Crippen LogP contribution in [0.3, 0.4) is 0 Å². The number of rotatable bonds is 4. The quantitative estimate of drug-likeness (QED) is 0.314. The van der Waals surface area contributed by atoms with Crippen molar-refractivity contribution in [3.05, 3.63) is 79.2 Å². The van der Waals surface area contributed by atoms with Gasteiger partial charge in [-0.2, -0.15) is 0 Å². The fourth-order valence-corrected chi connectivity index (χ4v) is 5.05. The van der Waals surface area contributed by atoms with Gasteiger partial charge in [-0.05, 0) is 38.0 Å². The highest BCUT2D eigenvalue weighted by Crippen LogP contribution is 2.29. The van der Waals surface area contributed by atoms with Crippen molar-refractivity contribution in [2.24, 2.45) is 0 Å². The molecule has 0 radical (unpaired) electrons. The predicted octanol–water partition coefficient (Wildman–Crippen LogP) is 5.11. The molecule has 178 valence electrons. The summed E-state index contributed by atoms with van der Waals surface area (Å²) in [6.45, 7) is 2.36. The van der Waals surface area contributed by atoms with Crippen molar-refractivity contribution in [3.8, 4) is 11.3 Å². The van der Waals surface area contributed by atoms with Crippen LogP contribution in [0.5, 0.6) is 0 Å². The first-order chi connectivity index (χ1) is 16.9. The molecule has 1 aliphatic rings. The van der Waals surface area contributed by atoms with Crippen LogP contribution in [0.4, 0.5) is 10.8 Å². The van der Waals surface area contributed by atoms with E-state index in [1.165, 1.54) is 17.4 Å². The van der Waals surface area contributed by atoms with Gasteiger partial charge in [-0.25, -0.2) is 9.97 Å². The molecule has 0 spiro atoms.